The van der Waals surface area contributed by atoms with Crippen molar-refractivity contribution in [2.45, 2.75) is 6.54 Å². The highest BCUT2D eigenvalue weighted by Gasteiger charge is 2.01. The maximum atomic E-state index is 4.13. The fraction of sp³-hybridized carbons (Fsp3) is 0.125. The summed E-state index contributed by atoms with van der Waals surface area (Å²) in [6.45, 7) is 0.852. The van der Waals surface area contributed by atoms with Gasteiger partial charge >= 0.3 is 0 Å². The summed E-state index contributed by atoms with van der Waals surface area (Å²) in [5, 5.41) is 6.21. The molecule has 0 N–H and O–H groups in total. The lowest BCUT2D eigenvalue weighted by molar-refractivity contribution is 0.693. The second kappa shape index (κ2) is 3.41. The van der Waals surface area contributed by atoms with Crippen LogP contribution in [0.2, 0.25) is 0 Å². The molecule has 2 nitrogen and oxygen atoms in total. The highest BCUT2D eigenvalue weighted by atomic mass is 79.9. The van der Waals surface area contributed by atoms with Crippen LogP contribution in [0.1, 0.15) is 4.88 Å². The van der Waals surface area contributed by atoms with E-state index >= 15 is 0 Å². The van der Waals surface area contributed by atoms with Crippen LogP contribution in [-0.4, -0.2) is 9.78 Å². The van der Waals surface area contributed by atoms with Crippen molar-refractivity contribution in [1.29, 1.82) is 0 Å². The Bertz CT molecular complexity index is 353. The third-order valence-corrected chi connectivity index (χ3v) is 3.47. The van der Waals surface area contributed by atoms with Gasteiger partial charge in [0.25, 0.3) is 0 Å². The molecule has 0 atom stereocenters. The van der Waals surface area contributed by atoms with Gasteiger partial charge < -0.3 is 0 Å². The molecular formula is C8H7BrN2S. The molecule has 4 heteroatoms. The zero-order valence-electron chi connectivity index (χ0n) is 6.27. The molecule has 0 unspecified atom stereocenters. The van der Waals surface area contributed by atoms with Gasteiger partial charge in [0.2, 0.25) is 0 Å². The molecule has 0 spiro atoms. The Balaban J connectivity index is 2.20. The van der Waals surface area contributed by atoms with Crippen molar-refractivity contribution in [3.8, 4) is 0 Å². The summed E-state index contributed by atoms with van der Waals surface area (Å²) >= 11 is 5.22. The molecule has 0 saturated heterocycles. The molecule has 0 fully saturated rings. The molecule has 2 rings (SSSR count). The largest absolute Gasteiger partial charge is 0.267 e. The van der Waals surface area contributed by atoms with Gasteiger partial charge in [0, 0.05) is 21.7 Å². The van der Waals surface area contributed by atoms with Crippen LogP contribution in [0, 0.1) is 0 Å². The van der Waals surface area contributed by atoms with Crippen molar-refractivity contribution in [3.63, 3.8) is 0 Å². The van der Waals surface area contributed by atoms with Crippen LogP contribution in [0.15, 0.2) is 34.4 Å². The predicted octanol–water partition coefficient (Wildman–Crippen LogP) is 2.76. The van der Waals surface area contributed by atoms with Gasteiger partial charge in [-0.1, -0.05) is 0 Å². The summed E-state index contributed by atoms with van der Waals surface area (Å²) < 4.78 is 3.08. The Morgan fingerprint density at radius 3 is 3.08 bits per heavy atom. The topological polar surface area (TPSA) is 17.8 Å². The van der Waals surface area contributed by atoms with E-state index in [1.807, 2.05) is 16.9 Å². The Kier molecular flexibility index (Phi) is 2.28. The number of aromatic nitrogens is 2. The van der Waals surface area contributed by atoms with Crippen LogP contribution in [0.5, 0.6) is 0 Å². The minimum atomic E-state index is 0.852. The van der Waals surface area contributed by atoms with E-state index in [0.29, 0.717) is 0 Å². The monoisotopic (exact) mass is 242 g/mol. The molecular weight excluding hydrogens is 236 g/mol. The minimum Gasteiger partial charge on any atom is -0.267 e. The van der Waals surface area contributed by atoms with Gasteiger partial charge in [0.05, 0.1) is 6.54 Å². The summed E-state index contributed by atoms with van der Waals surface area (Å²) in [7, 11) is 0. The molecule has 0 amide bonds. The summed E-state index contributed by atoms with van der Waals surface area (Å²) in [6.07, 6.45) is 3.76. The van der Waals surface area contributed by atoms with E-state index in [9.17, 15) is 0 Å². The molecule has 62 valence electrons. The number of nitrogens with zero attached hydrogens (tertiary/aromatic N) is 2. The van der Waals surface area contributed by atoms with Crippen LogP contribution in [-0.2, 0) is 6.54 Å². The standard InChI is InChI=1S/C8H7BrN2S/c9-7-2-5-12-8(7)6-11-4-1-3-10-11/h1-5H,6H2. The summed E-state index contributed by atoms with van der Waals surface area (Å²) in [5.41, 5.74) is 0. The summed E-state index contributed by atoms with van der Waals surface area (Å²) in [4.78, 5) is 1.30. The maximum Gasteiger partial charge on any atom is 0.0763 e. The third-order valence-electron chi connectivity index (χ3n) is 1.56. The summed E-state index contributed by atoms with van der Waals surface area (Å²) in [5.74, 6) is 0. The van der Waals surface area contributed by atoms with Gasteiger partial charge in [-0.15, -0.1) is 11.3 Å². The average Bonchev–Trinajstić information content (AvgIpc) is 2.65. The first-order valence-corrected chi connectivity index (χ1v) is 5.23. The second-order valence-corrected chi connectivity index (χ2v) is 4.25. The zero-order chi connectivity index (χ0) is 8.39. The molecule has 0 aliphatic heterocycles. The number of hydrogen-bond acceptors (Lipinski definition) is 2. The van der Waals surface area contributed by atoms with E-state index in [1.165, 1.54) is 9.35 Å². The van der Waals surface area contributed by atoms with Gasteiger partial charge in [-0.25, -0.2) is 0 Å². The quantitative estimate of drug-likeness (QED) is 0.792. The van der Waals surface area contributed by atoms with Crippen LogP contribution >= 0.6 is 27.3 Å². The lowest BCUT2D eigenvalue weighted by Gasteiger charge is -1.98. The molecule has 0 bridgehead atoms. The molecule has 2 aromatic heterocycles. The second-order valence-electron chi connectivity index (χ2n) is 2.40. The molecule has 0 aliphatic carbocycles. The van der Waals surface area contributed by atoms with Gasteiger partial charge in [-0.3, -0.25) is 4.68 Å². The summed E-state index contributed by atoms with van der Waals surface area (Å²) in [6, 6.07) is 3.99. The van der Waals surface area contributed by atoms with E-state index in [1.54, 1.807) is 17.5 Å². The van der Waals surface area contributed by atoms with E-state index in [4.69, 9.17) is 0 Å². The molecule has 0 aliphatic rings. The van der Waals surface area contributed by atoms with E-state index in [2.05, 4.69) is 32.5 Å². The van der Waals surface area contributed by atoms with Crippen LogP contribution < -0.4 is 0 Å². The first kappa shape index (κ1) is 8.01. The maximum absolute atomic E-state index is 4.13. The zero-order valence-corrected chi connectivity index (χ0v) is 8.68. The number of halogens is 1. The normalized spacial score (nSPS) is 10.4. The predicted molar refractivity (Wildman–Crippen MR) is 53.3 cm³/mol. The first-order valence-electron chi connectivity index (χ1n) is 3.55. The Labute approximate surface area is 83.0 Å². The van der Waals surface area contributed by atoms with Crippen molar-refractivity contribution in [2.75, 3.05) is 0 Å². The third kappa shape index (κ3) is 1.59. The first-order chi connectivity index (χ1) is 5.86. The number of hydrogen-bond donors (Lipinski definition) is 0. The van der Waals surface area contributed by atoms with Crippen molar-refractivity contribution in [1.82, 2.24) is 9.78 Å². The van der Waals surface area contributed by atoms with Crippen molar-refractivity contribution >= 4 is 27.3 Å². The van der Waals surface area contributed by atoms with E-state index in [-0.39, 0.29) is 0 Å². The van der Waals surface area contributed by atoms with Gasteiger partial charge in [0.15, 0.2) is 0 Å². The Hall–Kier alpha value is -0.610. The van der Waals surface area contributed by atoms with Crippen LogP contribution in [0.25, 0.3) is 0 Å². The molecule has 0 saturated carbocycles. The number of rotatable bonds is 2. The van der Waals surface area contributed by atoms with Gasteiger partial charge in [-0.05, 0) is 33.4 Å². The van der Waals surface area contributed by atoms with Gasteiger partial charge in [-0.2, -0.15) is 5.10 Å². The fourth-order valence-electron chi connectivity index (χ4n) is 0.979. The lowest BCUT2D eigenvalue weighted by Crippen LogP contribution is -1.97. The highest BCUT2D eigenvalue weighted by molar-refractivity contribution is 9.10. The Morgan fingerprint density at radius 2 is 2.50 bits per heavy atom. The van der Waals surface area contributed by atoms with Gasteiger partial charge in [0.1, 0.15) is 0 Å². The Morgan fingerprint density at radius 1 is 1.58 bits per heavy atom. The van der Waals surface area contributed by atoms with Crippen molar-refractivity contribution in [3.05, 3.63) is 39.3 Å². The van der Waals surface area contributed by atoms with E-state index in [0.717, 1.165) is 6.54 Å². The smallest absolute Gasteiger partial charge is 0.0763 e. The molecule has 12 heavy (non-hydrogen) atoms. The average molecular weight is 243 g/mol. The minimum absolute atomic E-state index is 0.852. The van der Waals surface area contributed by atoms with Crippen LogP contribution in [0.4, 0.5) is 0 Å². The SMILES string of the molecule is Brc1ccsc1Cn1cccn1. The molecule has 2 aromatic rings. The molecule has 0 radical (unpaired) electrons. The van der Waals surface area contributed by atoms with Crippen molar-refractivity contribution in [2.24, 2.45) is 0 Å². The molecule has 2 heterocycles. The fourth-order valence-corrected chi connectivity index (χ4v) is 2.45. The highest BCUT2D eigenvalue weighted by Crippen LogP contribution is 2.22. The van der Waals surface area contributed by atoms with Crippen molar-refractivity contribution < 1.29 is 0 Å². The lowest BCUT2D eigenvalue weighted by atomic mass is 10.5. The van der Waals surface area contributed by atoms with E-state index < -0.39 is 0 Å². The van der Waals surface area contributed by atoms with Crippen LogP contribution in [0.3, 0.4) is 0 Å². The molecule has 0 aromatic carbocycles. The number of thiophene rings is 1.